The molecule has 0 saturated carbocycles. The van der Waals surface area contributed by atoms with Crippen molar-refractivity contribution in [1.82, 2.24) is 9.13 Å². The predicted molar refractivity (Wildman–Crippen MR) is 158 cm³/mol. The van der Waals surface area contributed by atoms with Crippen LogP contribution >= 0.6 is 0 Å². The normalized spacial score (nSPS) is 27.8. The minimum absolute atomic E-state index is 0.0374. The Morgan fingerprint density at radius 3 is 2.15 bits per heavy atom. The topological polar surface area (TPSA) is 246 Å². The van der Waals surface area contributed by atoms with E-state index in [2.05, 4.69) is 0 Å². The number of aryl methyl sites for hydroxylation is 1. The number of para-hydroxylation sites is 2. The van der Waals surface area contributed by atoms with Crippen molar-refractivity contribution in [2.75, 3.05) is 13.2 Å². The molecule has 256 valence electrons. The van der Waals surface area contributed by atoms with Crippen LogP contribution in [0.2, 0.25) is 0 Å². The second kappa shape index (κ2) is 14.1. The average Bonchev–Trinajstić information content (AvgIpc) is 3.42. The van der Waals surface area contributed by atoms with Gasteiger partial charge in [-0.25, -0.2) is 4.79 Å². The molecule has 2 fully saturated rings. The van der Waals surface area contributed by atoms with Crippen molar-refractivity contribution in [2.45, 2.75) is 69.0 Å². The number of aliphatic hydroxyl groups is 6. The highest BCUT2D eigenvalue weighted by Gasteiger charge is 2.45. The maximum absolute atomic E-state index is 13.2. The third kappa shape index (κ3) is 7.51. The Hall–Kier alpha value is -3.85. The van der Waals surface area contributed by atoms with Crippen LogP contribution < -0.4 is 24.4 Å². The van der Waals surface area contributed by atoms with Crippen LogP contribution in [0.3, 0.4) is 0 Å². The monoisotopic (exact) mass is 682 g/mol. The van der Waals surface area contributed by atoms with E-state index in [1.54, 1.807) is 0 Å². The molecule has 8 atom stereocenters. The summed E-state index contributed by atoms with van der Waals surface area (Å²) >= 11 is 0. The smallest absolute Gasteiger partial charge is 0.458 e. The van der Waals surface area contributed by atoms with Gasteiger partial charge in [0, 0.05) is 18.2 Å². The quantitative estimate of drug-likeness (QED) is 0.127. The summed E-state index contributed by atoms with van der Waals surface area (Å²) in [6.07, 6.45) is -9.37. The number of hydrogen-bond acceptors (Lipinski definition) is 15. The lowest BCUT2D eigenvalue weighted by molar-refractivity contribution is -0.277. The van der Waals surface area contributed by atoms with Gasteiger partial charge in [-0.05, 0) is 36.8 Å². The van der Waals surface area contributed by atoms with Gasteiger partial charge in [0.1, 0.15) is 42.5 Å². The fourth-order valence-corrected chi connectivity index (χ4v) is 5.88. The van der Waals surface area contributed by atoms with Gasteiger partial charge in [-0.3, -0.25) is 13.9 Å². The van der Waals surface area contributed by atoms with E-state index in [0.717, 1.165) is 4.57 Å². The number of aromatic nitrogens is 2. The maximum Gasteiger partial charge on any atom is 0.501 e. The fourth-order valence-electron chi connectivity index (χ4n) is 5.14. The molecule has 2 saturated heterocycles. The third-order valence-electron chi connectivity index (χ3n) is 7.66. The summed E-state index contributed by atoms with van der Waals surface area (Å²) in [5.74, 6) is -0.795. The van der Waals surface area contributed by atoms with E-state index in [1.807, 2.05) is 0 Å². The van der Waals surface area contributed by atoms with Crippen molar-refractivity contribution in [2.24, 2.45) is 0 Å². The Morgan fingerprint density at radius 2 is 1.51 bits per heavy atom. The second-order valence-electron chi connectivity index (χ2n) is 11.0. The molecular formula is C29H34N2O15S. The Labute approximate surface area is 267 Å². The molecule has 2 aliphatic rings. The van der Waals surface area contributed by atoms with E-state index in [1.165, 1.54) is 66.2 Å². The van der Waals surface area contributed by atoms with Gasteiger partial charge in [-0.15, -0.1) is 8.42 Å². The van der Waals surface area contributed by atoms with Crippen LogP contribution in [0.15, 0.2) is 64.3 Å². The first-order valence-corrected chi connectivity index (χ1v) is 15.7. The zero-order chi connectivity index (χ0) is 34.0. The van der Waals surface area contributed by atoms with Gasteiger partial charge in [-0.1, -0.05) is 24.3 Å². The number of nitrogens with zero attached hydrogens (tertiary/aromatic N) is 2. The Kier molecular flexibility index (Phi) is 10.3. The van der Waals surface area contributed by atoms with Crippen LogP contribution in [0, 0.1) is 6.92 Å². The van der Waals surface area contributed by atoms with Crippen LogP contribution in [0.4, 0.5) is 0 Å². The first kappa shape index (κ1) is 34.5. The molecule has 1 aromatic heterocycles. The zero-order valence-electron chi connectivity index (χ0n) is 24.8. The molecule has 2 aliphatic heterocycles. The van der Waals surface area contributed by atoms with Gasteiger partial charge in [-0.2, -0.15) is 0 Å². The van der Waals surface area contributed by atoms with Gasteiger partial charge in [0.05, 0.1) is 25.9 Å². The summed E-state index contributed by atoms with van der Waals surface area (Å²) in [5.41, 5.74) is -0.610. The zero-order valence-corrected chi connectivity index (χ0v) is 25.6. The molecule has 0 bridgehead atoms. The van der Waals surface area contributed by atoms with E-state index in [4.69, 9.17) is 22.6 Å². The molecule has 3 aromatic rings. The third-order valence-corrected chi connectivity index (χ3v) is 8.44. The van der Waals surface area contributed by atoms with Gasteiger partial charge < -0.3 is 53.2 Å². The second-order valence-corrected chi connectivity index (χ2v) is 12.1. The van der Waals surface area contributed by atoms with E-state index in [-0.39, 0.29) is 35.8 Å². The first-order chi connectivity index (χ1) is 22.3. The Bertz CT molecular complexity index is 1780. The summed E-state index contributed by atoms with van der Waals surface area (Å²) in [7, 11) is -4.79. The van der Waals surface area contributed by atoms with E-state index >= 15 is 0 Å². The largest absolute Gasteiger partial charge is 0.501 e. The fraction of sp³-hybridized carbons (Fsp3) is 0.448. The molecule has 0 aliphatic carbocycles. The SMILES string of the molecule is Cc1cn([C@H]2CC(O)[C@@H](CO)O2)c(=O)n(Cc2ccc(OS(=O)(=O)Oc3ccccc3OC3O[C@H](CO)[C@H](O)[C@H](O)[C@H]3O)cc2)c1=O. The molecule has 6 N–H and O–H groups in total. The van der Waals surface area contributed by atoms with Gasteiger partial charge in [0.25, 0.3) is 5.56 Å². The number of ether oxygens (including phenoxy) is 3. The lowest BCUT2D eigenvalue weighted by Gasteiger charge is -2.39. The average molecular weight is 683 g/mol. The van der Waals surface area contributed by atoms with E-state index in [0.29, 0.717) is 5.56 Å². The molecule has 0 spiro atoms. The van der Waals surface area contributed by atoms with Crippen molar-refractivity contribution in [1.29, 1.82) is 0 Å². The highest BCUT2D eigenvalue weighted by atomic mass is 32.3. The molecule has 0 amide bonds. The van der Waals surface area contributed by atoms with Crippen molar-refractivity contribution in [3.63, 3.8) is 0 Å². The van der Waals surface area contributed by atoms with Crippen LogP contribution in [0.5, 0.6) is 17.2 Å². The number of aliphatic hydroxyl groups excluding tert-OH is 6. The first-order valence-electron chi connectivity index (χ1n) is 14.4. The van der Waals surface area contributed by atoms with Gasteiger partial charge >= 0.3 is 16.1 Å². The standard InChI is InChI=1S/C29H34N2O15S/c1-15-11-30(23-10-18(34)21(13-32)42-23)29(39)31(27(15)38)12-16-6-8-17(9-7-16)45-47(40,41)46-20-5-3-2-4-19(20)43-28-26(37)25(36)24(35)22(14-33)44-28/h2-9,11,18,21-26,28,32-37H,10,12-14H2,1H3/t18?,21-,22-,23-,24+,25+,26-,28?/m1/s1. The molecule has 17 nitrogen and oxygen atoms in total. The summed E-state index contributed by atoms with van der Waals surface area (Å²) in [6, 6.07) is 10.8. The van der Waals surface area contributed by atoms with Crippen molar-refractivity contribution >= 4 is 10.4 Å². The summed E-state index contributed by atoms with van der Waals surface area (Å²) < 4.78 is 54.2. The number of hydrogen-bond donors (Lipinski definition) is 6. The van der Waals surface area contributed by atoms with Crippen LogP contribution in [-0.4, -0.2) is 104 Å². The lowest BCUT2D eigenvalue weighted by Crippen LogP contribution is -2.60. The number of benzene rings is 2. The predicted octanol–water partition coefficient (Wildman–Crippen LogP) is -2.11. The minimum atomic E-state index is -4.79. The molecular weight excluding hydrogens is 648 g/mol. The highest BCUT2D eigenvalue weighted by Crippen LogP contribution is 2.32. The number of rotatable bonds is 11. The summed E-state index contributed by atoms with van der Waals surface area (Å²) in [6.45, 7) is 0.182. The van der Waals surface area contributed by atoms with Gasteiger partial charge in [0.15, 0.2) is 11.5 Å². The van der Waals surface area contributed by atoms with E-state index < -0.39 is 84.0 Å². The van der Waals surface area contributed by atoms with E-state index in [9.17, 15) is 48.6 Å². The van der Waals surface area contributed by atoms with Crippen LogP contribution in [0.25, 0.3) is 0 Å². The molecule has 18 heteroatoms. The Morgan fingerprint density at radius 1 is 0.851 bits per heavy atom. The van der Waals surface area contributed by atoms with Crippen LogP contribution in [0.1, 0.15) is 23.8 Å². The minimum Gasteiger partial charge on any atom is -0.458 e. The maximum atomic E-state index is 13.2. The lowest BCUT2D eigenvalue weighted by atomic mass is 9.99. The molecule has 2 aromatic carbocycles. The summed E-state index contributed by atoms with van der Waals surface area (Å²) in [4.78, 5) is 26.1. The van der Waals surface area contributed by atoms with Crippen molar-refractivity contribution in [3.05, 3.63) is 86.7 Å². The molecule has 0 radical (unpaired) electrons. The van der Waals surface area contributed by atoms with Gasteiger partial charge in [0.2, 0.25) is 6.29 Å². The van der Waals surface area contributed by atoms with Crippen molar-refractivity contribution in [3.8, 4) is 17.2 Å². The van der Waals surface area contributed by atoms with Crippen LogP contribution in [-0.2, 0) is 26.4 Å². The molecule has 5 rings (SSSR count). The molecule has 3 heterocycles. The summed E-state index contributed by atoms with van der Waals surface area (Å²) in [5, 5.41) is 59.1. The Balaban J connectivity index is 1.28. The highest BCUT2D eigenvalue weighted by molar-refractivity contribution is 7.82. The molecule has 2 unspecified atom stereocenters. The van der Waals surface area contributed by atoms with Crippen molar-refractivity contribution < 1.29 is 61.6 Å². The molecule has 47 heavy (non-hydrogen) atoms.